The van der Waals surface area contributed by atoms with Gasteiger partial charge in [-0.05, 0) is 61.6 Å². The zero-order valence-electron chi connectivity index (χ0n) is 13.8. The Morgan fingerprint density at radius 3 is 2.88 bits per heavy atom. The summed E-state index contributed by atoms with van der Waals surface area (Å²) in [7, 11) is 0. The van der Waals surface area contributed by atoms with E-state index in [0.717, 1.165) is 40.8 Å². The van der Waals surface area contributed by atoms with E-state index >= 15 is 0 Å². The molecule has 5 heteroatoms. The van der Waals surface area contributed by atoms with E-state index in [1.165, 1.54) is 11.3 Å². The molecule has 0 spiro atoms. The van der Waals surface area contributed by atoms with Crippen LogP contribution in [-0.4, -0.2) is 16.9 Å². The summed E-state index contributed by atoms with van der Waals surface area (Å²) in [6.45, 7) is 1.90. The van der Waals surface area contributed by atoms with Crippen LogP contribution in [0.2, 0.25) is 10.0 Å². The highest BCUT2D eigenvalue weighted by molar-refractivity contribution is 6.34. The number of amides is 1. The van der Waals surface area contributed by atoms with Gasteiger partial charge >= 0.3 is 0 Å². The maximum absolute atomic E-state index is 12.7. The quantitative estimate of drug-likeness (QED) is 0.647. The molecule has 2 aromatic carbocycles. The number of carbonyl (C=O) groups is 1. The molecule has 3 nitrogen and oxygen atoms in total. The van der Waals surface area contributed by atoms with Crippen molar-refractivity contribution in [3.63, 3.8) is 0 Å². The molecule has 0 radical (unpaired) electrons. The van der Waals surface area contributed by atoms with E-state index in [1.807, 2.05) is 37.3 Å². The molecule has 0 aliphatic heterocycles. The summed E-state index contributed by atoms with van der Waals surface area (Å²) < 4.78 is 0. The molecule has 1 aliphatic rings. The average molecular weight is 373 g/mol. The zero-order valence-corrected chi connectivity index (χ0v) is 15.3. The van der Waals surface area contributed by atoms with Gasteiger partial charge < -0.3 is 10.3 Å². The lowest BCUT2D eigenvalue weighted by atomic mass is 9.91. The fraction of sp³-hybridized carbons (Fsp3) is 0.250. The molecule has 1 heterocycles. The third kappa shape index (κ3) is 3.03. The number of carbonyl (C=O) groups excluding carboxylic acids is 1. The third-order valence-electron chi connectivity index (χ3n) is 4.93. The smallest absolute Gasteiger partial charge is 0.253 e. The van der Waals surface area contributed by atoms with Crippen LogP contribution in [-0.2, 0) is 12.8 Å². The van der Waals surface area contributed by atoms with Gasteiger partial charge in [0.15, 0.2) is 0 Å². The number of aromatic amines is 1. The van der Waals surface area contributed by atoms with Crippen LogP contribution >= 0.6 is 23.2 Å². The Morgan fingerprint density at radius 1 is 1.24 bits per heavy atom. The first-order valence-electron chi connectivity index (χ1n) is 8.38. The summed E-state index contributed by atoms with van der Waals surface area (Å²) >= 11 is 12.4. The minimum Gasteiger partial charge on any atom is -0.358 e. The van der Waals surface area contributed by atoms with Gasteiger partial charge in [-0.2, -0.15) is 0 Å². The number of halogens is 2. The van der Waals surface area contributed by atoms with Gasteiger partial charge in [0.05, 0.1) is 10.6 Å². The molecule has 2 N–H and O–H groups in total. The molecule has 0 bridgehead atoms. The highest BCUT2D eigenvalue weighted by atomic mass is 35.5. The molecule has 1 unspecified atom stereocenters. The largest absolute Gasteiger partial charge is 0.358 e. The topological polar surface area (TPSA) is 44.9 Å². The number of H-pyrrole nitrogens is 1. The molecule has 3 aromatic rings. The average Bonchev–Trinajstić information content (AvgIpc) is 2.92. The number of hydrogen-bond donors (Lipinski definition) is 2. The molecule has 1 amide bonds. The zero-order chi connectivity index (χ0) is 17.6. The van der Waals surface area contributed by atoms with E-state index < -0.39 is 0 Å². The summed E-state index contributed by atoms with van der Waals surface area (Å²) in [6.07, 6.45) is 2.61. The summed E-state index contributed by atoms with van der Waals surface area (Å²) in [5.74, 6) is -0.102. The molecule has 0 saturated carbocycles. The third-order valence-corrected chi connectivity index (χ3v) is 5.48. The summed E-state index contributed by atoms with van der Waals surface area (Å²) in [5, 5.41) is 5.53. The Hall–Kier alpha value is -1.97. The maximum atomic E-state index is 12.7. The Labute approximate surface area is 156 Å². The SMILES string of the molecule is Cc1cccc(Cl)c1C(=O)NC1CCc2[nH]c3ccc(Cl)cc3c2C1. The Bertz CT molecular complexity index is 957. The highest BCUT2D eigenvalue weighted by Gasteiger charge is 2.25. The Balaban J connectivity index is 1.59. The molecule has 25 heavy (non-hydrogen) atoms. The maximum Gasteiger partial charge on any atom is 0.253 e. The molecule has 0 fully saturated rings. The van der Waals surface area contributed by atoms with Crippen LogP contribution in [0.3, 0.4) is 0 Å². The number of aryl methyl sites for hydroxylation is 2. The first-order valence-corrected chi connectivity index (χ1v) is 9.13. The minimum atomic E-state index is -0.102. The Morgan fingerprint density at radius 2 is 2.08 bits per heavy atom. The van der Waals surface area contributed by atoms with Gasteiger partial charge in [0.2, 0.25) is 0 Å². The normalized spacial score (nSPS) is 16.7. The van der Waals surface area contributed by atoms with E-state index in [0.29, 0.717) is 10.6 Å². The van der Waals surface area contributed by atoms with E-state index in [2.05, 4.69) is 10.3 Å². The second kappa shape index (κ2) is 6.40. The van der Waals surface area contributed by atoms with Gasteiger partial charge in [0, 0.05) is 27.7 Å². The number of benzene rings is 2. The van der Waals surface area contributed by atoms with Gasteiger partial charge in [-0.15, -0.1) is 0 Å². The Kier molecular flexibility index (Phi) is 4.22. The van der Waals surface area contributed by atoms with Crippen molar-refractivity contribution < 1.29 is 4.79 Å². The number of fused-ring (bicyclic) bond motifs is 3. The van der Waals surface area contributed by atoms with Crippen molar-refractivity contribution in [1.29, 1.82) is 0 Å². The van der Waals surface area contributed by atoms with Crippen LogP contribution in [0.1, 0.15) is 33.6 Å². The number of rotatable bonds is 2. The van der Waals surface area contributed by atoms with Crippen LogP contribution in [0.5, 0.6) is 0 Å². The molecule has 1 atom stereocenters. The lowest BCUT2D eigenvalue weighted by molar-refractivity contribution is 0.0933. The lowest BCUT2D eigenvalue weighted by Gasteiger charge is -2.24. The predicted octanol–water partition coefficient (Wildman–Crippen LogP) is 5.07. The summed E-state index contributed by atoms with van der Waals surface area (Å²) in [5.41, 5.74) is 5.06. The molecule has 0 saturated heterocycles. The van der Waals surface area contributed by atoms with Gasteiger partial charge in [0.25, 0.3) is 5.91 Å². The van der Waals surface area contributed by atoms with Crippen molar-refractivity contribution in [3.8, 4) is 0 Å². The molecular weight excluding hydrogens is 355 g/mol. The van der Waals surface area contributed by atoms with Gasteiger partial charge in [0.1, 0.15) is 0 Å². The summed E-state index contributed by atoms with van der Waals surface area (Å²) in [4.78, 5) is 16.2. The minimum absolute atomic E-state index is 0.0913. The predicted molar refractivity (Wildman–Crippen MR) is 103 cm³/mol. The van der Waals surface area contributed by atoms with E-state index in [9.17, 15) is 4.79 Å². The van der Waals surface area contributed by atoms with Crippen molar-refractivity contribution >= 4 is 40.0 Å². The van der Waals surface area contributed by atoms with E-state index in [1.54, 1.807) is 6.07 Å². The van der Waals surface area contributed by atoms with Crippen molar-refractivity contribution in [2.45, 2.75) is 32.2 Å². The van der Waals surface area contributed by atoms with Crippen LogP contribution < -0.4 is 5.32 Å². The van der Waals surface area contributed by atoms with E-state index in [4.69, 9.17) is 23.2 Å². The molecular formula is C20H18Cl2N2O. The summed E-state index contributed by atoms with van der Waals surface area (Å²) in [6, 6.07) is 11.5. The molecule has 128 valence electrons. The lowest BCUT2D eigenvalue weighted by Crippen LogP contribution is -2.39. The van der Waals surface area contributed by atoms with Crippen LogP contribution in [0.25, 0.3) is 10.9 Å². The second-order valence-corrected chi connectivity index (χ2v) is 7.46. The van der Waals surface area contributed by atoms with Gasteiger partial charge in [-0.1, -0.05) is 35.3 Å². The standard InChI is InChI=1S/C20H18Cl2N2O/c1-11-3-2-4-16(22)19(11)20(25)23-13-6-8-18-15(10-13)14-9-12(21)5-7-17(14)24-18/h2-5,7,9,13,24H,6,8,10H2,1H3,(H,23,25). The first kappa shape index (κ1) is 16.5. The van der Waals surface area contributed by atoms with Crippen LogP contribution in [0, 0.1) is 6.92 Å². The highest BCUT2D eigenvalue weighted by Crippen LogP contribution is 2.31. The van der Waals surface area contributed by atoms with Crippen LogP contribution in [0.15, 0.2) is 36.4 Å². The van der Waals surface area contributed by atoms with Crippen LogP contribution in [0.4, 0.5) is 0 Å². The van der Waals surface area contributed by atoms with Gasteiger partial charge in [-0.25, -0.2) is 0 Å². The second-order valence-electron chi connectivity index (χ2n) is 6.62. The van der Waals surface area contributed by atoms with Gasteiger partial charge in [-0.3, -0.25) is 4.79 Å². The van der Waals surface area contributed by atoms with Crippen molar-refractivity contribution in [2.75, 3.05) is 0 Å². The van der Waals surface area contributed by atoms with Crippen molar-refractivity contribution in [2.24, 2.45) is 0 Å². The number of nitrogens with one attached hydrogen (secondary N) is 2. The number of aromatic nitrogens is 1. The van der Waals surface area contributed by atoms with E-state index in [-0.39, 0.29) is 11.9 Å². The van der Waals surface area contributed by atoms with Crippen molar-refractivity contribution in [1.82, 2.24) is 10.3 Å². The molecule has 4 rings (SSSR count). The van der Waals surface area contributed by atoms with Crippen molar-refractivity contribution in [3.05, 3.63) is 68.8 Å². The number of hydrogen-bond acceptors (Lipinski definition) is 1. The fourth-order valence-corrected chi connectivity index (χ4v) is 4.17. The fourth-order valence-electron chi connectivity index (χ4n) is 3.69. The molecule has 1 aromatic heterocycles. The molecule has 1 aliphatic carbocycles. The monoisotopic (exact) mass is 372 g/mol. The first-order chi connectivity index (χ1) is 12.0.